The molecule has 0 aromatic heterocycles. The van der Waals surface area contributed by atoms with Gasteiger partial charge in [-0.15, -0.1) is 0 Å². The van der Waals surface area contributed by atoms with E-state index in [1.807, 2.05) is 30.3 Å². The lowest BCUT2D eigenvalue weighted by Gasteiger charge is -2.24. The number of hydrogen-bond donors (Lipinski definition) is 2. The largest absolute Gasteiger partial charge is 0.272 e. The van der Waals surface area contributed by atoms with Gasteiger partial charge < -0.3 is 0 Å². The first-order valence-electron chi connectivity index (χ1n) is 7.23. The molecule has 7 nitrogen and oxygen atoms in total. The van der Waals surface area contributed by atoms with Crippen molar-refractivity contribution < 1.29 is 14.5 Å². The zero-order valence-electron chi connectivity index (χ0n) is 13.3. The van der Waals surface area contributed by atoms with Gasteiger partial charge in [0, 0.05) is 17.7 Å². The third kappa shape index (κ3) is 3.75. The lowest BCUT2D eigenvalue weighted by Crippen LogP contribution is -2.49. The van der Waals surface area contributed by atoms with Crippen molar-refractivity contribution in [2.75, 3.05) is 0 Å². The minimum atomic E-state index is -0.850. The Bertz CT molecular complexity index is 772. The molecule has 0 aliphatic heterocycles. The second kappa shape index (κ2) is 6.91. The second-order valence-electron chi connectivity index (χ2n) is 5.71. The summed E-state index contributed by atoms with van der Waals surface area (Å²) in [6.45, 7) is 3.47. The van der Waals surface area contributed by atoms with E-state index in [1.165, 1.54) is 18.2 Å². The van der Waals surface area contributed by atoms with Crippen molar-refractivity contribution in [1.82, 2.24) is 10.9 Å². The maximum atomic E-state index is 12.3. The Hall–Kier alpha value is -3.22. The zero-order chi connectivity index (χ0) is 17.7. The first-order valence-corrected chi connectivity index (χ1v) is 7.23. The molecular formula is C17H17N3O4. The van der Waals surface area contributed by atoms with Gasteiger partial charge in [-0.1, -0.05) is 36.4 Å². The monoisotopic (exact) mass is 327 g/mol. The maximum Gasteiger partial charge on any atom is 0.270 e. The van der Waals surface area contributed by atoms with E-state index in [9.17, 15) is 19.7 Å². The lowest BCUT2D eigenvalue weighted by atomic mass is 9.84. The Labute approximate surface area is 138 Å². The van der Waals surface area contributed by atoms with Gasteiger partial charge in [0.05, 0.1) is 10.3 Å². The molecule has 0 radical (unpaired) electrons. The van der Waals surface area contributed by atoms with Crippen molar-refractivity contribution >= 4 is 17.5 Å². The number of nitrogens with zero attached hydrogens (tertiary/aromatic N) is 1. The van der Waals surface area contributed by atoms with Gasteiger partial charge in [0.15, 0.2) is 0 Å². The molecule has 24 heavy (non-hydrogen) atoms. The number of nitrogens with one attached hydrogen (secondary N) is 2. The highest BCUT2D eigenvalue weighted by molar-refractivity contribution is 5.97. The van der Waals surface area contributed by atoms with E-state index in [0.29, 0.717) is 0 Å². The van der Waals surface area contributed by atoms with E-state index in [4.69, 9.17) is 0 Å². The quantitative estimate of drug-likeness (QED) is 0.664. The van der Waals surface area contributed by atoms with Crippen molar-refractivity contribution in [3.63, 3.8) is 0 Å². The summed E-state index contributed by atoms with van der Waals surface area (Å²) in [6.07, 6.45) is 0. The molecule has 0 saturated heterocycles. The molecule has 124 valence electrons. The second-order valence-corrected chi connectivity index (χ2v) is 5.71. The maximum absolute atomic E-state index is 12.3. The summed E-state index contributed by atoms with van der Waals surface area (Å²) >= 11 is 0. The van der Waals surface area contributed by atoms with Crippen LogP contribution in [0.15, 0.2) is 54.6 Å². The third-order valence-corrected chi connectivity index (χ3v) is 3.67. The fraction of sp³-hybridized carbons (Fsp3) is 0.176. The molecule has 0 heterocycles. The Balaban J connectivity index is 2.05. The van der Waals surface area contributed by atoms with E-state index < -0.39 is 22.2 Å². The van der Waals surface area contributed by atoms with Gasteiger partial charge in [-0.3, -0.25) is 30.6 Å². The topological polar surface area (TPSA) is 101 Å². The van der Waals surface area contributed by atoms with Gasteiger partial charge in [0.2, 0.25) is 5.91 Å². The van der Waals surface area contributed by atoms with Crippen molar-refractivity contribution in [3.8, 4) is 0 Å². The minimum Gasteiger partial charge on any atom is -0.272 e. The first kappa shape index (κ1) is 17.1. The Kier molecular flexibility index (Phi) is 4.93. The number of nitro benzene ring substituents is 1. The molecule has 0 aliphatic carbocycles. The number of carbonyl (C=O) groups is 2. The summed E-state index contributed by atoms with van der Waals surface area (Å²) in [5.74, 6) is -1.02. The van der Waals surface area contributed by atoms with Gasteiger partial charge in [0.1, 0.15) is 0 Å². The SMILES string of the molecule is CC(C)(C(=O)NNC(=O)c1cccc([N+](=O)[O-])c1)c1ccccc1. The molecule has 0 atom stereocenters. The van der Waals surface area contributed by atoms with Crippen LogP contribution in [0.3, 0.4) is 0 Å². The van der Waals surface area contributed by atoms with Crippen LogP contribution in [0.2, 0.25) is 0 Å². The molecule has 0 unspecified atom stereocenters. The molecule has 2 rings (SSSR count). The lowest BCUT2D eigenvalue weighted by molar-refractivity contribution is -0.384. The van der Waals surface area contributed by atoms with Crippen LogP contribution in [0.4, 0.5) is 5.69 Å². The predicted octanol–water partition coefficient (Wildman–Crippen LogP) is 2.33. The van der Waals surface area contributed by atoms with Crippen LogP contribution in [0.1, 0.15) is 29.8 Å². The Morgan fingerprint density at radius 3 is 2.29 bits per heavy atom. The summed E-state index contributed by atoms with van der Waals surface area (Å²) in [4.78, 5) is 34.5. The number of rotatable bonds is 4. The summed E-state index contributed by atoms with van der Waals surface area (Å²) in [6, 6.07) is 14.4. The van der Waals surface area contributed by atoms with E-state index in [2.05, 4.69) is 10.9 Å². The highest BCUT2D eigenvalue weighted by Crippen LogP contribution is 2.22. The Morgan fingerprint density at radius 2 is 1.67 bits per heavy atom. The van der Waals surface area contributed by atoms with E-state index in [-0.39, 0.29) is 11.3 Å². The van der Waals surface area contributed by atoms with Crippen molar-refractivity contribution in [1.29, 1.82) is 0 Å². The molecule has 0 spiro atoms. The van der Waals surface area contributed by atoms with Crippen LogP contribution in [-0.4, -0.2) is 16.7 Å². The molecule has 0 saturated carbocycles. The van der Waals surface area contributed by atoms with Gasteiger partial charge in [-0.2, -0.15) is 0 Å². The number of non-ortho nitro benzene ring substituents is 1. The molecule has 0 aliphatic rings. The first-order chi connectivity index (χ1) is 11.3. The van der Waals surface area contributed by atoms with Crippen LogP contribution in [0.25, 0.3) is 0 Å². The molecule has 2 aromatic carbocycles. The number of hydrazine groups is 1. The normalized spacial score (nSPS) is 10.8. The van der Waals surface area contributed by atoms with Crippen LogP contribution >= 0.6 is 0 Å². The van der Waals surface area contributed by atoms with Gasteiger partial charge >= 0.3 is 0 Å². The fourth-order valence-electron chi connectivity index (χ4n) is 2.09. The smallest absolute Gasteiger partial charge is 0.270 e. The standard InChI is InChI=1S/C17H17N3O4/c1-17(2,13-8-4-3-5-9-13)16(22)19-18-15(21)12-7-6-10-14(11-12)20(23)24/h3-11H,1-2H3,(H,18,21)(H,19,22). The molecule has 7 heteroatoms. The van der Waals surface area contributed by atoms with Crippen LogP contribution < -0.4 is 10.9 Å². The molecule has 2 N–H and O–H groups in total. The van der Waals surface area contributed by atoms with Crippen molar-refractivity contribution in [2.45, 2.75) is 19.3 Å². The fourth-order valence-corrected chi connectivity index (χ4v) is 2.09. The van der Waals surface area contributed by atoms with E-state index in [0.717, 1.165) is 11.6 Å². The number of hydrogen-bond acceptors (Lipinski definition) is 4. The van der Waals surface area contributed by atoms with Gasteiger partial charge in [-0.25, -0.2) is 0 Å². The van der Waals surface area contributed by atoms with Crippen molar-refractivity contribution in [2.24, 2.45) is 0 Å². The predicted molar refractivity (Wildman–Crippen MR) is 88.2 cm³/mol. The molecule has 2 aromatic rings. The van der Waals surface area contributed by atoms with E-state index in [1.54, 1.807) is 13.8 Å². The zero-order valence-corrected chi connectivity index (χ0v) is 13.3. The third-order valence-electron chi connectivity index (χ3n) is 3.67. The number of amides is 2. The minimum absolute atomic E-state index is 0.0852. The average Bonchev–Trinajstić information content (AvgIpc) is 2.60. The highest BCUT2D eigenvalue weighted by Gasteiger charge is 2.29. The van der Waals surface area contributed by atoms with Gasteiger partial charge in [0.25, 0.3) is 11.6 Å². The van der Waals surface area contributed by atoms with Crippen LogP contribution in [-0.2, 0) is 10.2 Å². The molecule has 0 fully saturated rings. The Morgan fingerprint density at radius 1 is 1.00 bits per heavy atom. The van der Waals surface area contributed by atoms with E-state index >= 15 is 0 Å². The summed E-state index contributed by atoms with van der Waals surface area (Å²) in [7, 11) is 0. The summed E-state index contributed by atoms with van der Waals surface area (Å²) in [5.41, 5.74) is 4.48. The number of carbonyl (C=O) groups excluding carboxylic acids is 2. The van der Waals surface area contributed by atoms with Crippen LogP contribution in [0.5, 0.6) is 0 Å². The highest BCUT2D eigenvalue weighted by atomic mass is 16.6. The average molecular weight is 327 g/mol. The van der Waals surface area contributed by atoms with Gasteiger partial charge in [-0.05, 0) is 25.5 Å². The molecular weight excluding hydrogens is 310 g/mol. The van der Waals surface area contributed by atoms with Crippen LogP contribution in [0, 0.1) is 10.1 Å². The molecule has 2 amide bonds. The number of nitro groups is 1. The number of benzene rings is 2. The molecule has 0 bridgehead atoms. The van der Waals surface area contributed by atoms with Crippen molar-refractivity contribution in [3.05, 3.63) is 75.8 Å². The summed E-state index contributed by atoms with van der Waals surface area (Å²) in [5, 5.41) is 10.7. The summed E-state index contributed by atoms with van der Waals surface area (Å²) < 4.78 is 0.